The molecule has 2 rings (SSSR count). The van der Waals surface area contributed by atoms with Crippen molar-refractivity contribution in [2.24, 2.45) is 5.92 Å². The summed E-state index contributed by atoms with van der Waals surface area (Å²) in [5, 5.41) is 0. The van der Waals surface area contributed by atoms with Crippen LogP contribution in [0.25, 0.3) is 0 Å². The standard InChI is InChI=1S/C14H24N4/c1-17(2)14-11-15-13(10-16-14)9-12-5-4-7-18(3)8-6-12/h10-12H,4-9H2,1-3H3/t12-/m0/s1. The van der Waals surface area contributed by atoms with Gasteiger partial charge in [0.25, 0.3) is 0 Å². The molecule has 100 valence electrons. The van der Waals surface area contributed by atoms with Crippen LogP contribution in [0.4, 0.5) is 5.82 Å². The zero-order valence-electron chi connectivity index (χ0n) is 11.8. The Labute approximate surface area is 110 Å². The monoisotopic (exact) mass is 248 g/mol. The second-order valence-corrected chi connectivity index (χ2v) is 5.56. The van der Waals surface area contributed by atoms with Crippen molar-refractivity contribution in [2.75, 3.05) is 39.1 Å². The Bertz CT molecular complexity index is 361. The number of likely N-dealkylation sites (tertiary alicyclic amines) is 1. The van der Waals surface area contributed by atoms with E-state index in [4.69, 9.17) is 0 Å². The van der Waals surface area contributed by atoms with Crippen LogP contribution in [0, 0.1) is 5.92 Å². The van der Waals surface area contributed by atoms with Crippen LogP contribution in [0.5, 0.6) is 0 Å². The first kappa shape index (κ1) is 13.3. The van der Waals surface area contributed by atoms with Gasteiger partial charge in [-0.05, 0) is 51.7 Å². The van der Waals surface area contributed by atoms with Crippen LogP contribution in [0.15, 0.2) is 12.4 Å². The van der Waals surface area contributed by atoms with Crippen LogP contribution in [0.1, 0.15) is 25.0 Å². The molecule has 1 aliphatic rings. The van der Waals surface area contributed by atoms with Crippen molar-refractivity contribution in [3.05, 3.63) is 18.1 Å². The summed E-state index contributed by atoms with van der Waals surface area (Å²) >= 11 is 0. The van der Waals surface area contributed by atoms with E-state index in [2.05, 4.69) is 21.9 Å². The third-order valence-electron chi connectivity index (χ3n) is 3.72. The van der Waals surface area contributed by atoms with Gasteiger partial charge in [0.15, 0.2) is 0 Å². The molecule has 0 unspecified atom stereocenters. The number of hydrogen-bond acceptors (Lipinski definition) is 4. The second-order valence-electron chi connectivity index (χ2n) is 5.56. The number of hydrogen-bond donors (Lipinski definition) is 0. The van der Waals surface area contributed by atoms with E-state index in [1.807, 2.05) is 31.4 Å². The third-order valence-corrected chi connectivity index (χ3v) is 3.72. The highest BCUT2D eigenvalue weighted by Crippen LogP contribution is 2.20. The first-order chi connectivity index (χ1) is 8.65. The highest BCUT2D eigenvalue weighted by atomic mass is 15.1. The van der Waals surface area contributed by atoms with Crippen LogP contribution in [0.2, 0.25) is 0 Å². The molecule has 0 spiro atoms. The Balaban J connectivity index is 1.92. The van der Waals surface area contributed by atoms with Crippen LogP contribution >= 0.6 is 0 Å². The minimum Gasteiger partial charge on any atom is -0.361 e. The molecule has 18 heavy (non-hydrogen) atoms. The fourth-order valence-corrected chi connectivity index (χ4v) is 2.49. The molecule has 0 bridgehead atoms. The summed E-state index contributed by atoms with van der Waals surface area (Å²) in [7, 11) is 6.20. The van der Waals surface area contributed by atoms with Crippen molar-refractivity contribution in [3.63, 3.8) is 0 Å². The first-order valence-corrected chi connectivity index (χ1v) is 6.82. The maximum absolute atomic E-state index is 4.53. The molecule has 0 radical (unpaired) electrons. The van der Waals surface area contributed by atoms with Gasteiger partial charge < -0.3 is 9.80 Å². The maximum Gasteiger partial charge on any atom is 0.146 e. The van der Waals surface area contributed by atoms with Gasteiger partial charge in [-0.3, -0.25) is 4.98 Å². The van der Waals surface area contributed by atoms with E-state index in [-0.39, 0.29) is 0 Å². The first-order valence-electron chi connectivity index (χ1n) is 6.82. The Morgan fingerprint density at radius 2 is 2.06 bits per heavy atom. The lowest BCUT2D eigenvalue weighted by Crippen LogP contribution is -2.19. The highest BCUT2D eigenvalue weighted by molar-refractivity contribution is 5.32. The quantitative estimate of drug-likeness (QED) is 0.817. The van der Waals surface area contributed by atoms with E-state index in [9.17, 15) is 0 Å². The van der Waals surface area contributed by atoms with Gasteiger partial charge in [0.1, 0.15) is 5.82 Å². The molecular weight excluding hydrogens is 224 g/mol. The van der Waals surface area contributed by atoms with E-state index >= 15 is 0 Å². The molecule has 0 amide bonds. The highest BCUT2D eigenvalue weighted by Gasteiger charge is 2.15. The minimum atomic E-state index is 0.773. The van der Waals surface area contributed by atoms with Crippen LogP contribution in [0.3, 0.4) is 0 Å². The SMILES string of the molecule is CN1CCC[C@H](Cc2cnc(N(C)C)cn2)CC1. The van der Waals surface area contributed by atoms with E-state index in [0.717, 1.165) is 23.9 Å². The molecule has 4 heteroatoms. The summed E-state index contributed by atoms with van der Waals surface area (Å²) in [6.07, 6.45) is 8.80. The van der Waals surface area contributed by atoms with Gasteiger partial charge in [-0.2, -0.15) is 0 Å². The normalized spacial score (nSPS) is 21.6. The van der Waals surface area contributed by atoms with Crippen LogP contribution < -0.4 is 4.90 Å². The summed E-state index contributed by atoms with van der Waals surface area (Å²) < 4.78 is 0. The fraction of sp³-hybridized carbons (Fsp3) is 0.714. The van der Waals surface area contributed by atoms with Crippen molar-refractivity contribution in [1.82, 2.24) is 14.9 Å². The Morgan fingerprint density at radius 1 is 1.22 bits per heavy atom. The number of aromatic nitrogens is 2. The van der Waals surface area contributed by atoms with Crippen molar-refractivity contribution in [1.29, 1.82) is 0 Å². The average molecular weight is 248 g/mol. The molecule has 1 aromatic rings. The van der Waals surface area contributed by atoms with Crippen molar-refractivity contribution in [3.8, 4) is 0 Å². The Morgan fingerprint density at radius 3 is 2.72 bits per heavy atom. The van der Waals surface area contributed by atoms with Gasteiger partial charge in [0, 0.05) is 14.1 Å². The van der Waals surface area contributed by atoms with Crippen molar-refractivity contribution >= 4 is 5.82 Å². The smallest absolute Gasteiger partial charge is 0.146 e. The molecule has 1 saturated heterocycles. The largest absolute Gasteiger partial charge is 0.361 e. The molecule has 1 atom stereocenters. The lowest BCUT2D eigenvalue weighted by Gasteiger charge is -2.15. The number of rotatable bonds is 3. The summed E-state index contributed by atoms with van der Waals surface area (Å²) in [5.41, 5.74) is 1.13. The van der Waals surface area contributed by atoms with E-state index in [1.54, 1.807) is 0 Å². The topological polar surface area (TPSA) is 32.3 Å². The van der Waals surface area contributed by atoms with Gasteiger partial charge in [0.05, 0.1) is 18.1 Å². The third kappa shape index (κ3) is 3.67. The molecule has 2 heterocycles. The molecule has 1 aliphatic heterocycles. The second kappa shape index (κ2) is 6.14. The zero-order valence-corrected chi connectivity index (χ0v) is 11.8. The van der Waals surface area contributed by atoms with Gasteiger partial charge in [-0.1, -0.05) is 0 Å². The fourth-order valence-electron chi connectivity index (χ4n) is 2.49. The number of anilines is 1. The van der Waals surface area contributed by atoms with E-state index in [0.29, 0.717) is 0 Å². The molecule has 1 aromatic heterocycles. The molecule has 0 N–H and O–H groups in total. The van der Waals surface area contributed by atoms with Crippen LogP contribution in [-0.4, -0.2) is 49.1 Å². The maximum atomic E-state index is 4.53. The predicted molar refractivity (Wildman–Crippen MR) is 74.9 cm³/mol. The predicted octanol–water partition coefficient (Wildman–Crippen LogP) is 1.82. The molecule has 4 nitrogen and oxygen atoms in total. The lowest BCUT2D eigenvalue weighted by molar-refractivity contribution is 0.341. The van der Waals surface area contributed by atoms with Gasteiger partial charge >= 0.3 is 0 Å². The van der Waals surface area contributed by atoms with E-state index in [1.165, 1.54) is 32.4 Å². The minimum absolute atomic E-state index is 0.773. The molecule has 1 fully saturated rings. The Hall–Kier alpha value is -1.16. The Kier molecular flexibility index (Phi) is 4.53. The molecule has 0 saturated carbocycles. The van der Waals surface area contributed by atoms with E-state index < -0.39 is 0 Å². The number of nitrogens with zero attached hydrogens (tertiary/aromatic N) is 4. The van der Waals surface area contributed by atoms with Gasteiger partial charge in [-0.25, -0.2) is 4.98 Å². The van der Waals surface area contributed by atoms with Crippen molar-refractivity contribution < 1.29 is 0 Å². The lowest BCUT2D eigenvalue weighted by atomic mass is 9.95. The molecular formula is C14H24N4. The van der Waals surface area contributed by atoms with Gasteiger partial charge in [0.2, 0.25) is 0 Å². The summed E-state index contributed by atoms with van der Waals surface area (Å²) in [5.74, 6) is 1.70. The molecule has 0 aromatic carbocycles. The van der Waals surface area contributed by atoms with Crippen LogP contribution in [-0.2, 0) is 6.42 Å². The summed E-state index contributed by atoms with van der Waals surface area (Å²) in [6, 6.07) is 0. The van der Waals surface area contributed by atoms with Gasteiger partial charge in [-0.15, -0.1) is 0 Å². The average Bonchev–Trinajstić information content (AvgIpc) is 2.55. The summed E-state index contributed by atoms with van der Waals surface area (Å²) in [6.45, 7) is 2.45. The summed E-state index contributed by atoms with van der Waals surface area (Å²) in [4.78, 5) is 13.4. The molecule has 0 aliphatic carbocycles. The van der Waals surface area contributed by atoms with Crippen molar-refractivity contribution in [2.45, 2.75) is 25.7 Å². The zero-order chi connectivity index (χ0) is 13.0.